The number of anilines is 1. The van der Waals surface area contributed by atoms with Gasteiger partial charge in [0.25, 0.3) is 0 Å². The summed E-state index contributed by atoms with van der Waals surface area (Å²) in [6.45, 7) is 6.46. The van der Waals surface area contributed by atoms with Gasteiger partial charge in [-0.3, -0.25) is 4.79 Å². The molecule has 8 heteroatoms. The highest BCUT2D eigenvalue weighted by Crippen LogP contribution is 2.29. The van der Waals surface area contributed by atoms with Gasteiger partial charge >= 0.3 is 0 Å². The number of sulfonamides is 1. The van der Waals surface area contributed by atoms with Crippen molar-refractivity contribution in [3.8, 4) is 5.75 Å². The molecule has 1 fully saturated rings. The van der Waals surface area contributed by atoms with Gasteiger partial charge in [-0.25, -0.2) is 8.42 Å². The first-order valence-corrected chi connectivity index (χ1v) is 9.97. The maximum absolute atomic E-state index is 12.9. The molecule has 0 bridgehead atoms. The number of likely N-dealkylation sites (N-methyl/N-ethyl adjacent to an activating group) is 1. The van der Waals surface area contributed by atoms with E-state index in [0.29, 0.717) is 30.9 Å². The second kappa shape index (κ2) is 8.16. The Morgan fingerprint density at radius 3 is 2.52 bits per heavy atom. The van der Waals surface area contributed by atoms with E-state index in [1.165, 1.54) is 28.4 Å². The lowest BCUT2D eigenvalue weighted by atomic mass is 10.1. The molecule has 0 unspecified atom stereocenters. The van der Waals surface area contributed by atoms with Gasteiger partial charge in [-0.15, -0.1) is 0 Å². The highest BCUT2D eigenvalue weighted by molar-refractivity contribution is 7.89. The molecule has 1 amide bonds. The molecule has 0 atom stereocenters. The highest BCUT2D eigenvalue weighted by Gasteiger charge is 2.29. The number of hydrogen-bond acceptors (Lipinski definition) is 4. The molecular formula is C17H28N3O4S+. The number of rotatable bonds is 6. The summed E-state index contributed by atoms with van der Waals surface area (Å²) in [7, 11) is -0.0325. The van der Waals surface area contributed by atoms with Crippen molar-refractivity contribution in [1.82, 2.24) is 4.31 Å². The first kappa shape index (κ1) is 19.7. The predicted molar refractivity (Wildman–Crippen MR) is 96.5 cm³/mol. The lowest BCUT2D eigenvalue weighted by molar-refractivity contribution is -0.883. The Morgan fingerprint density at radius 2 is 1.96 bits per heavy atom. The summed E-state index contributed by atoms with van der Waals surface area (Å²) in [5.74, 6) is 0.496. The van der Waals surface area contributed by atoms with E-state index < -0.39 is 10.0 Å². The van der Waals surface area contributed by atoms with Crippen LogP contribution in [0.1, 0.15) is 20.3 Å². The van der Waals surface area contributed by atoms with E-state index in [2.05, 4.69) is 12.4 Å². The Kier molecular flexibility index (Phi) is 6.42. The minimum absolute atomic E-state index is 0.161. The van der Waals surface area contributed by atoms with Crippen LogP contribution in [0.15, 0.2) is 23.1 Å². The van der Waals surface area contributed by atoms with E-state index >= 15 is 0 Å². The van der Waals surface area contributed by atoms with Crippen LogP contribution in [0.2, 0.25) is 0 Å². The largest absolute Gasteiger partial charge is 0.495 e. The Bertz CT molecular complexity index is 711. The Morgan fingerprint density at radius 1 is 1.32 bits per heavy atom. The van der Waals surface area contributed by atoms with Crippen LogP contribution in [0.3, 0.4) is 0 Å². The number of benzene rings is 1. The maximum Gasteiger partial charge on any atom is 0.243 e. The molecular weight excluding hydrogens is 342 g/mol. The monoisotopic (exact) mass is 370 g/mol. The van der Waals surface area contributed by atoms with Crippen LogP contribution in [0.25, 0.3) is 0 Å². The summed E-state index contributed by atoms with van der Waals surface area (Å²) >= 11 is 0. The van der Waals surface area contributed by atoms with Crippen LogP contribution in [-0.2, 0) is 14.8 Å². The first-order chi connectivity index (χ1) is 11.7. The van der Waals surface area contributed by atoms with Crippen molar-refractivity contribution in [2.45, 2.75) is 25.2 Å². The Labute approximate surface area is 150 Å². The standard InChI is InChI=1S/C17H27N3O4S/c1-13(2)11-17(21)18-15-12-14(5-6-16(15)24-4)25(22,23)20-9-7-19(3)8-10-20/h5-6,12-13H,7-11H2,1-4H3,(H,18,21)/p+1. The van der Waals surface area contributed by atoms with Crippen LogP contribution in [0, 0.1) is 5.92 Å². The molecule has 1 aliphatic heterocycles. The number of piperazine rings is 1. The minimum atomic E-state index is -3.58. The van der Waals surface area contributed by atoms with E-state index in [4.69, 9.17) is 4.74 Å². The normalized spacial score (nSPS) is 16.8. The van der Waals surface area contributed by atoms with Crippen molar-refractivity contribution < 1.29 is 22.8 Å². The molecule has 0 spiro atoms. The minimum Gasteiger partial charge on any atom is -0.495 e. The molecule has 0 saturated carbocycles. The molecule has 0 aromatic heterocycles. The molecule has 1 saturated heterocycles. The van der Waals surface area contributed by atoms with Crippen LogP contribution in [0.4, 0.5) is 5.69 Å². The van der Waals surface area contributed by atoms with Crippen molar-refractivity contribution in [2.24, 2.45) is 5.92 Å². The van der Waals surface area contributed by atoms with Crippen LogP contribution >= 0.6 is 0 Å². The SMILES string of the molecule is COc1ccc(S(=O)(=O)N2CC[NH+](C)CC2)cc1NC(=O)CC(C)C. The third-order valence-electron chi connectivity index (χ3n) is 4.25. The molecule has 25 heavy (non-hydrogen) atoms. The quantitative estimate of drug-likeness (QED) is 0.750. The van der Waals surface area contributed by atoms with E-state index in [1.54, 1.807) is 6.07 Å². The lowest BCUT2D eigenvalue weighted by Gasteiger charge is -2.29. The van der Waals surface area contributed by atoms with Gasteiger partial charge in [0.15, 0.2) is 0 Å². The van der Waals surface area contributed by atoms with Gasteiger partial charge < -0.3 is 15.0 Å². The second-order valence-corrected chi connectivity index (χ2v) is 8.81. The van der Waals surface area contributed by atoms with Crippen LogP contribution in [-0.4, -0.2) is 59.0 Å². The zero-order valence-corrected chi connectivity index (χ0v) is 16.1. The molecule has 1 heterocycles. The molecule has 0 aliphatic carbocycles. The smallest absolute Gasteiger partial charge is 0.243 e. The number of amides is 1. The molecule has 2 N–H and O–H groups in total. The summed E-state index contributed by atoms with van der Waals surface area (Å²) in [4.78, 5) is 13.6. The summed E-state index contributed by atoms with van der Waals surface area (Å²) < 4.78 is 32.5. The van der Waals surface area contributed by atoms with Gasteiger partial charge in [-0.1, -0.05) is 13.8 Å². The zero-order valence-electron chi connectivity index (χ0n) is 15.3. The number of quaternary nitrogens is 1. The highest BCUT2D eigenvalue weighted by atomic mass is 32.2. The molecule has 2 rings (SSSR count). The lowest BCUT2D eigenvalue weighted by Crippen LogP contribution is -3.12. The van der Waals surface area contributed by atoms with E-state index in [-0.39, 0.29) is 16.7 Å². The van der Waals surface area contributed by atoms with E-state index in [9.17, 15) is 13.2 Å². The third kappa shape index (κ3) is 4.93. The van der Waals surface area contributed by atoms with Crippen molar-refractivity contribution in [1.29, 1.82) is 0 Å². The molecule has 1 aliphatic rings. The summed E-state index contributed by atoms with van der Waals surface area (Å²) in [6, 6.07) is 4.59. The van der Waals surface area contributed by atoms with E-state index in [1.807, 2.05) is 13.8 Å². The topological polar surface area (TPSA) is 80.2 Å². The number of hydrogen-bond donors (Lipinski definition) is 2. The Hall–Kier alpha value is -1.64. The third-order valence-corrected chi connectivity index (χ3v) is 6.15. The van der Waals surface area contributed by atoms with E-state index in [0.717, 1.165) is 13.1 Å². The van der Waals surface area contributed by atoms with Crippen LogP contribution in [0.5, 0.6) is 5.75 Å². The number of carbonyl (C=O) groups excluding carboxylic acids is 1. The predicted octanol–water partition coefficient (Wildman–Crippen LogP) is 0.199. The van der Waals surface area contributed by atoms with Gasteiger partial charge in [0.2, 0.25) is 15.9 Å². The Balaban J connectivity index is 2.26. The van der Waals surface area contributed by atoms with Gasteiger partial charge in [0.1, 0.15) is 5.75 Å². The average Bonchev–Trinajstić information content (AvgIpc) is 2.54. The summed E-state index contributed by atoms with van der Waals surface area (Å²) in [5.41, 5.74) is 0.383. The fraction of sp³-hybridized carbons (Fsp3) is 0.588. The molecule has 0 radical (unpaired) electrons. The van der Waals surface area contributed by atoms with Gasteiger partial charge in [-0.05, 0) is 24.1 Å². The van der Waals surface area contributed by atoms with Crippen molar-refractivity contribution in [3.63, 3.8) is 0 Å². The fourth-order valence-electron chi connectivity index (χ4n) is 2.77. The number of nitrogens with zero attached hydrogens (tertiary/aromatic N) is 1. The van der Waals surface area contributed by atoms with Crippen molar-refractivity contribution in [2.75, 3.05) is 45.7 Å². The second-order valence-electron chi connectivity index (χ2n) is 6.87. The fourth-order valence-corrected chi connectivity index (χ4v) is 4.24. The number of carbonyl (C=O) groups is 1. The number of ether oxygens (including phenoxy) is 1. The van der Waals surface area contributed by atoms with Crippen LogP contribution < -0.4 is 15.0 Å². The van der Waals surface area contributed by atoms with Gasteiger partial charge in [0, 0.05) is 6.42 Å². The molecule has 7 nitrogen and oxygen atoms in total. The molecule has 1 aromatic rings. The number of nitrogens with one attached hydrogen (secondary N) is 2. The average molecular weight is 370 g/mol. The molecule has 1 aromatic carbocycles. The van der Waals surface area contributed by atoms with Gasteiger partial charge in [-0.2, -0.15) is 4.31 Å². The van der Waals surface area contributed by atoms with Gasteiger partial charge in [0.05, 0.1) is 50.9 Å². The maximum atomic E-state index is 12.9. The summed E-state index contributed by atoms with van der Waals surface area (Å²) in [6.07, 6.45) is 0.362. The van der Waals surface area contributed by atoms with Crippen molar-refractivity contribution >= 4 is 21.6 Å². The molecule has 140 valence electrons. The number of methoxy groups -OCH3 is 1. The zero-order chi connectivity index (χ0) is 18.6. The summed E-state index contributed by atoms with van der Waals surface area (Å²) in [5, 5.41) is 2.76. The first-order valence-electron chi connectivity index (χ1n) is 8.53. The van der Waals surface area contributed by atoms with Crippen molar-refractivity contribution in [3.05, 3.63) is 18.2 Å².